The predicted octanol–water partition coefficient (Wildman–Crippen LogP) is 1.37. The fourth-order valence-corrected chi connectivity index (χ4v) is 1.85. The highest BCUT2D eigenvalue weighted by Crippen LogP contribution is 2.18. The first-order valence-corrected chi connectivity index (χ1v) is 6.16. The molecule has 2 aromatic heterocycles. The highest BCUT2D eigenvalue weighted by molar-refractivity contribution is 5.54. The van der Waals surface area contributed by atoms with Crippen LogP contribution in [0.3, 0.4) is 0 Å². The van der Waals surface area contributed by atoms with Crippen molar-refractivity contribution in [2.24, 2.45) is 0 Å². The molecule has 20 heavy (non-hydrogen) atoms. The van der Waals surface area contributed by atoms with Crippen molar-refractivity contribution in [1.29, 1.82) is 0 Å². The highest BCUT2D eigenvalue weighted by atomic mass is 15.5. The summed E-state index contributed by atoms with van der Waals surface area (Å²) >= 11 is 0. The van der Waals surface area contributed by atoms with E-state index in [4.69, 9.17) is 0 Å². The molecule has 1 aromatic carbocycles. The van der Waals surface area contributed by atoms with Crippen LogP contribution in [-0.4, -0.2) is 30.2 Å². The van der Waals surface area contributed by atoms with Crippen LogP contribution in [-0.2, 0) is 6.54 Å². The fraction of sp³-hybridized carbons (Fsp3) is 0.154. The largest absolute Gasteiger partial charge is 0.379 e. The van der Waals surface area contributed by atoms with E-state index in [0.29, 0.717) is 6.54 Å². The lowest BCUT2D eigenvalue weighted by atomic mass is 10.2. The summed E-state index contributed by atoms with van der Waals surface area (Å²) in [5, 5.41) is 14.5. The predicted molar refractivity (Wildman–Crippen MR) is 73.2 cm³/mol. The third-order valence-corrected chi connectivity index (χ3v) is 2.92. The zero-order valence-corrected chi connectivity index (χ0v) is 10.9. The Kier molecular flexibility index (Phi) is 3.32. The molecule has 7 nitrogen and oxygen atoms in total. The minimum atomic E-state index is 0.640. The molecule has 0 bridgehead atoms. The number of nitrogens with zero attached hydrogens (tertiary/aromatic N) is 6. The number of rotatable bonds is 4. The van der Waals surface area contributed by atoms with Gasteiger partial charge >= 0.3 is 0 Å². The maximum atomic E-state index is 4.17. The number of tetrazole rings is 1. The number of aryl methyl sites for hydroxylation is 1. The number of hydrogen-bond donors (Lipinski definition) is 1. The molecule has 7 heteroatoms. The number of hydrogen-bond acceptors (Lipinski definition) is 6. The molecule has 0 saturated heterocycles. The lowest BCUT2D eigenvalue weighted by molar-refractivity contribution is 0.785. The third-order valence-electron chi connectivity index (χ3n) is 2.92. The summed E-state index contributed by atoms with van der Waals surface area (Å²) in [5.74, 6) is 0. The van der Waals surface area contributed by atoms with Crippen LogP contribution in [0.1, 0.15) is 11.3 Å². The molecule has 100 valence electrons. The van der Waals surface area contributed by atoms with Crippen LogP contribution in [0.4, 0.5) is 5.69 Å². The van der Waals surface area contributed by atoms with E-state index in [9.17, 15) is 0 Å². The molecule has 0 amide bonds. The van der Waals surface area contributed by atoms with Crippen LogP contribution in [0, 0.1) is 6.92 Å². The molecule has 0 aliphatic rings. The quantitative estimate of drug-likeness (QED) is 0.769. The SMILES string of the molecule is Cc1ccc(NCc2ccncn2)cc1-n1cnnn1. The molecule has 0 aliphatic carbocycles. The summed E-state index contributed by atoms with van der Waals surface area (Å²) in [6, 6.07) is 7.93. The van der Waals surface area contributed by atoms with Crippen LogP contribution in [0.2, 0.25) is 0 Å². The third kappa shape index (κ3) is 2.61. The van der Waals surface area contributed by atoms with Crippen molar-refractivity contribution < 1.29 is 0 Å². The van der Waals surface area contributed by atoms with E-state index in [2.05, 4.69) is 30.8 Å². The molecule has 0 spiro atoms. The molecule has 0 unspecified atom stereocenters. The van der Waals surface area contributed by atoms with Gasteiger partial charge in [-0.3, -0.25) is 0 Å². The van der Waals surface area contributed by atoms with E-state index in [0.717, 1.165) is 22.6 Å². The minimum Gasteiger partial charge on any atom is -0.379 e. The van der Waals surface area contributed by atoms with Crippen molar-refractivity contribution >= 4 is 5.69 Å². The number of anilines is 1. The smallest absolute Gasteiger partial charge is 0.143 e. The van der Waals surface area contributed by atoms with Crippen molar-refractivity contribution in [3.05, 3.63) is 54.4 Å². The van der Waals surface area contributed by atoms with Gasteiger partial charge in [-0.2, -0.15) is 0 Å². The molecular weight excluding hydrogens is 254 g/mol. The van der Waals surface area contributed by atoms with Gasteiger partial charge in [0, 0.05) is 11.9 Å². The second kappa shape index (κ2) is 5.43. The minimum absolute atomic E-state index is 0.640. The summed E-state index contributed by atoms with van der Waals surface area (Å²) in [5.41, 5.74) is 3.97. The van der Waals surface area contributed by atoms with Crippen LogP contribution >= 0.6 is 0 Å². The van der Waals surface area contributed by atoms with Crippen molar-refractivity contribution in [1.82, 2.24) is 30.2 Å². The van der Waals surface area contributed by atoms with Gasteiger partial charge in [-0.25, -0.2) is 14.6 Å². The van der Waals surface area contributed by atoms with Gasteiger partial charge in [0.2, 0.25) is 0 Å². The maximum absolute atomic E-state index is 4.17. The summed E-state index contributed by atoms with van der Waals surface area (Å²) in [6.45, 7) is 2.66. The van der Waals surface area contributed by atoms with Gasteiger partial charge in [-0.15, -0.1) is 5.10 Å². The summed E-state index contributed by atoms with van der Waals surface area (Å²) in [7, 11) is 0. The van der Waals surface area contributed by atoms with Crippen molar-refractivity contribution in [3.8, 4) is 5.69 Å². The average molecular weight is 267 g/mol. The molecular formula is C13H13N7. The zero-order chi connectivity index (χ0) is 13.8. The maximum Gasteiger partial charge on any atom is 0.143 e. The Balaban J connectivity index is 1.79. The zero-order valence-electron chi connectivity index (χ0n) is 10.9. The van der Waals surface area contributed by atoms with Gasteiger partial charge < -0.3 is 5.32 Å². The van der Waals surface area contributed by atoms with E-state index < -0.39 is 0 Å². The first kappa shape index (κ1) is 12.2. The van der Waals surface area contributed by atoms with Gasteiger partial charge in [0.25, 0.3) is 0 Å². The standard InChI is InChI=1S/C13H13N7/c1-10-2-3-11(6-13(10)20-9-17-18-19-20)15-7-12-4-5-14-8-16-12/h2-6,8-9,15H,7H2,1H3. The van der Waals surface area contributed by atoms with Gasteiger partial charge in [0.1, 0.15) is 12.7 Å². The molecule has 0 fully saturated rings. The van der Waals surface area contributed by atoms with E-state index in [1.54, 1.807) is 23.5 Å². The second-order valence-corrected chi connectivity index (χ2v) is 4.31. The van der Waals surface area contributed by atoms with Crippen LogP contribution in [0.15, 0.2) is 43.1 Å². The van der Waals surface area contributed by atoms with Crippen molar-refractivity contribution in [2.75, 3.05) is 5.32 Å². The number of nitrogens with one attached hydrogen (secondary N) is 1. The van der Waals surface area contributed by atoms with E-state index in [1.807, 2.05) is 31.2 Å². The summed E-state index contributed by atoms with van der Waals surface area (Å²) in [6.07, 6.45) is 4.85. The molecule has 3 rings (SSSR count). The Morgan fingerprint density at radius 1 is 1.25 bits per heavy atom. The van der Waals surface area contributed by atoms with Gasteiger partial charge in [0.05, 0.1) is 17.9 Å². The van der Waals surface area contributed by atoms with Gasteiger partial charge in [-0.05, 0) is 41.1 Å². The molecule has 0 saturated carbocycles. The van der Waals surface area contributed by atoms with Crippen molar-refractivity contribution in [2.45, 2.75) is 13.5 Å². The Labute approximate surface area is 115 Å². The van der Waals surface area contributed by atoms with Crippen molar-refractivity contribution in [3.63, 3.8) is 0 Å². The highest BCUT2D eigenvalue weighted by Gasteiger charge is 2.04. The Hall–Kier alpha value is -2.83. The molecule has 2 heterocycles. The Morgan fingerprint density at radius 3 is 2.95 bits per heavy atom. The number of benzene rings is 1. The van der Waals surface area contributed by atoms with E-state index in [1.165, 1.54) is 0 Å². The normalized spacial score (nSPS) is 10.4. The lowest BCUT2D eigenvalue weighted by Gasteiger charge is -2.10. The summed E-state index contributed by atoms with van der Waals surface area (Å²) in [4.78, 5) is 8.07. The Bertz CT molecular complexity index is 679. The van der Waals surface area contributed by atoms with E-state index in [-0.39, 0.29) is 0 Å². The van der Waals surface area contributed by atoms with Gasteiger partial charge in [0.15, 0.2) is 0 Å². The molecule has 0 atom stereocenters. The Morgan fingerprint density at radius 2 is 2.20 bits per heavy atom. The van der Waals surface area contributed by atoms with Crippen LogP contribution < -0.4 is 5.32 Å². The molecule has 3 aromatic rings. The lowest BCUT2D eigenvalue weighted by Crippen LogP contribution is -2.04. The summed E-state index contributed by atoms with van der Waals surface area (Å²) < 4.78 is 1.64. The molecule has 0 radical (unpaired) electrons. The monoisotopic (exact) mass is 267 g/mol. The molecule has 0 aliphatic heterocycles. The first-order chi connectivity index (χ1) is 9.83. The first-order valence-electron chi connectivity index (χ1n) is 6.16. The topological polar surface area (TPSA) is 81.4 Å². The fourth-order valence-electron chi connectivity index (χ4n) is 1.85. The average Bonchev–Trinajstić information content (AvgIpc) is 3.01. The molecule has 1 N–H and O–H groups in total. The van der Waals surface area contributed by atoms with Crippen LogP contribution in [0.5, 0.6) is 0 Å². The van der Waals surface area contributed by atoms with Crippen LogP contribution in [0.25, 0.3) is 5.69 Å². The van der Waals surface area contributed by atoms with E-state index >= 15 is 0 Å². The number of aromatic nitrogens is 6. The second-order valence-electron chi connectivity index (χ2n) is 4.31. The van der Waals surface area contributed by atoms with Gasteiger partial charge in [-0.1, -0.05) is 6.07 Å².